The number of hydrogen-bond donors (Lipinski definition) is 1. The number of ether oxygens (including phenoxy) is 2. The van der Waals surface area contributed by atoms with Crippen LogP contribution in [0.3, 0.4) is 0 Å². The molecule has 0 fully saturated rings. The molecular weight excluding hydrogens is 476 g/mol. The number of nitrogens with zero attached hydrogens (tertiary/aromatic N) is 3. The fourth-order valence-electron chi connectivity index (χ4n) is 2.94. The van der Waals surface area contributed by atoms with Crippen molar-refractivity contribution < 1.29 is 31.9 Å². The Labute approximate surface area is 194 Å². The van der Waals surface area contributed by atoms with Crippen molar-refractivity contribution in [2.75, 3.05) is 25.9 Å². The van der Waals surface area contributed by atoms with E-state index in [4.69, 9.17) is 31.2 Å². The number of esters is 2. The minimum Gasteiger partial charge on any atom is -0.462 e. The molecule has 13 heteroatoms. The van der Waals surface area contributed by atoms with Gasteiger partial charge in [-0.2, -0.15) is 9.29 Å². The highest BCUT2D eigenvalue weighted by atomic mass is 35.5. The summed E-state index contributed by atoms with van der Waals surface area (Å²) < 4.78 is 41.6. The molecule has 33 heavy (non-hydrogen) atoms. The molecule has 2 N–H and O–H groups in total. The van der Waals surface area contributed by atoms with Crippen LogP contribution in [0.2, 0.25) is 5.02 Å². The van der Waals surface area contributed by atoms with Crippen LogP contribution in [0.4, 0.5) is 5.82 Å². The molecule has 0 saturated heterocycles. The number of sulfonamides is 1. The lowest BCUT2D eigenvalue weighted by molar-refractivity contribution is -0.145. The molecule has 0 aliphatic heterocycles. The van der Waals surface area contributed by atoms with Gasteiger partial charge in [-0.1, -0.05) is 11.6 Å². The van der Waals surface area contributed by atoms with Crippen LogP contribution in [0.15, 0.2) is 33.6 Å². The molecule has 11 nitrogen and oxygen atoms in total. The molecular formula is C20H21ClN4O7S. The van der Waals surface area contributed by atoms with Crippen LogP contribution in [0.5, 0.6) is 0 Å². The van der Waals surface area contributed by atoms with Gasteiger partial charge >= 0.3 is 11.9 Å². The second-order valence-corrected chi connectivity index (χ2v) is 9.32. The van der Waals surface area contributed by atoms with E-state index in [2.05, 4.69) is 9.97 Å². The Balaban J connectivity index is 1.70. The molecule has 0 atom stereocenters. The lowest BCUT2D eigenvalue weighted by Gasteiger charge is -2.16. The van der Waals surface area contributed by atoms with Crippen molar-refractivity contribution in [3.63, 3.8) is 0 Å². The third-order valence-electron chi connectivity index (χ3n) is 4.52. The lowest BCUT2D eigenvalue weighted by Crippen LogP contribution is -2.33. The maximum absolute atomic E-state index is 12.6. The van der Waals surface area contributed by atoms with Gasteiger partial charge < -0.3 is 19.6 Å². The van der Waals surface area contributed by atoms with Crippen LogP contribution in [0, 0.1) is 6.92 Å². The van der Waals surface area contributed by atoms with Gasteiger partial charge in [0.2, 0.25) is 15.7 Å². The number of rotatable bonds is 8. The third-order valence-corrected chi connectivity index (χ3v) is 6.59. The number of likely N-dealkylation sites (N-methyl/N-ethyl adjacent to an activating group) is 1. The van der Waals surface area contributed by atoms with Gasteiger partial charge in [0.05, 0.1) is 16.9 Å². The number of aromatic nitrogens is 2. The number of fused-ring (bicyclic) bond motifs is 1. The van der Waals surface area contributed by atoms with Crippen LogP contribution in [-0.4, -0.2) is 54.8 Å². The van der Waals surface area contributed by atoms with E-state index in [-0.39, 0.29) is 52.2 Å². The van der Waals surface area contributed by atoms with E-state index in [9.17, 15) is 18.0 Å². The van der Waals surface area contributed by atoms with E-state index < -0.39 is 28.5 Å². The summed E-state index contributed by atoms with van der Waals surface area (Å²) >= 11 is 5.78. The second kappa shape index (κ2) is 9.73. The maximum atomic E-state index is 12.6. The Morgan fingerprint density at radius 3 is 2.48 bits per heavy atom. The highest BCUT2D eigenvalue weighted by Crippen LogP contribution is 2.29. The highest BCUT2D eigenvalue weighted by molar-refractivity contribution is 7.89. The number of nitrogen functional groups attached to an aromatic ring is 1. The van der Waals surface area contributed by atoms with E-state index >= 15 is 0 Å². The van der Waals surface area contributed by atoms with Crippen LogP contribution in [0.1, 0.15) is 28.9 Å². The Hall–Kier alpha value is -3.22. The zero-order valence-corrected chi connectivity index (χ0v) is 19.6. The number of furan rings is 1. The van der Waals surface area contributed by atoms with Crippen molar-refractivity contribution in [3.8, 4) is 0 Å². The molecule has 0 saturated carbocycles. The van der Waals surface area contributed by atoms with Gasteiger partial charge in [0, 0.05) is 12.1 Å². The monoisotopic (exact) mass is 496 g/mol. The van der Waals surface area contributed by atoms with Crippen LogP contribution < -0.4 is 5.73 Å². The first kappa shape index (κ1) is 24.4. The molecule has 2 aromatic heterocycles. The molecule has 0 unspecified atom stereocenters. The molecule has 3 aromatic rings. The van der Waals surface area contributed by atoms with Crippen LogP contribution in [-0.2, 0) is 30.9 Å². The molecule has 0 aliphatic rings. The van der Waals surface area contributed by atoms with Crippen LogP contribution >= 0.6 is 11.6 Å². The average molecular weight is 497 g/mol. The summed E-state index contributed by atoms with van der Waals surface area (Å²) in [6, 6.07) is 5.53. The Morgan fingerprint density at radius 1 is 1.18 bits per heavy atom. The molecule has 0 aliphatic carbocycles. The first-order valence-corrected chi connectivity index (χ1v) is 11.5. The minimum absolute atomic E-state index is 0.0146. The molecule has 2 heterocycles. The summed E-state index contributed by atoms with van der Waals surface area (Å²) in [6.45, 7) is 2.46. The first-order chi connectivity index (χ1) is 15.5. The van der Waals surface area contributed by atoms with E-state index in [0.717, 1.165) is 4.31 Å². The molecule has 3 rings (SSSR count). The summed E-state index contributed by atoms with van der Waals surface area (Å²) in [5, 5.41) is 0.586. The molecule has 0 radical (unpaired) electrons. The molecule has 0 spiro atoms. The quantitative estimate of drug-likeness (QED) is 0.459. The number of carbonyl (C=O) groups is 2. The topological polar surface area (TPSA) is 155 Å². The normalized spacial score (nSPS) is 11.7. The highest BCUT2D eigenvalue weighted by Gasteiger charge is 2.25. The molecule has 0 amide bonds. The number of anilines is 1. The van der Waals surface area contributed by atoms with Gasteiger partial charge in [-0.3, -0.25) is 4.79 Å². The minimum atomic E-state index is -3.92. The van der Waals surface area contributed by atoms with Crippen molar-refractivity contribution >= 4 is 50.5 Å². The summed E-state index contributed by atoms with van der Waals surface area (Å²) in [5.74, 6) is -1.23. The SMILES string of the molecule is CCOC(=O)c1c(C)oc2nc(COC(=O)CN(C)S(=O)(=O)c3ccc(Cl)cc3)nc(N)c12. The van der Waals surface area contributed by atoms with Crippen molar-refractivity contribution in [2.45, 2.75) is 25.3 Å². The predicted octanol–water partition coefficient (Wildman–Crippen LogP) is 2.31. The van der Waals surface area contributed by atoms with Gasteiger partial charge in [0.1, 0.15) is 23.7 Å². The van der Waals surface area contributed by atoms with Gasteiger partial charge in [0.25, 0.3) is 0 Å². The number of nitrogens with two attached hydrogens (primary N) is 1. The Kier molecular flexibility index (Phi) is 7.20. The number of carbonyl (C=O) groups excluding carboxylic acids is 2. The summed E-state index contributed by atoms with van der Waals surface area (Å²) in [5.41, 5.74) is 6.13. The predicted molar refractivity (Wildman–Crippen MR) is 118 cm³/mol. The molecule has 176 valence electrons. The molecule has 0 bridgehead atoms. The van der Waals surface area contributed by atoms with Gasteiger partial charge in [-0.25, -0.2) is 18.2 Å². The number of aryl methyl sites for hydroxylation is 1. The Bertz CT molecular complexity index is 1310. The summed E-state index contributed by atoms with van der Waals surface area (Å²) in [4.78, 5) is 32.5. The van der Waals surface area contributed by atoms with Crippen molar-refractivity contribution in [1.82, 2.24) is 14.3 Å². The van der Waals surface area contributed by atoms with Gasteiger partial charge in [-0.15, -0.1) is 0 Å². The first-order valence-electron chi connectivity index (χ1n) is 9.64. The molecule has 1 aromatic carbocycles. The summed E-state index contributed by atoms with van der Waals surface area (Å²) in [7, 11) is -2.68. The van der Waals surface area contributed by atoms with E-state index in [0.29, 0.717) is 5.02 Å². The second-order valence-electron chi connectivity index (χ2n) is 6.83. The number of hydrogen-bond acceptors (Lipinski definition) is 10. The largest absolute Gasteiger partial charge is 0.462 e. The smallest absolute Gasteiger partial charge is 0.342 e. The standard InChI is InChI=1S/C20H21ClN4O7S/c1-4-30-20(27)16-11(2)32-19-17(16)18(22)23-14(24-19)10-31-15(26)9-25(3)33(28,29)13-7-5-12(21)6-8-13/h5-8H,4,9-10H2,1-3H3,(H2,22,23,24). The third kappa shape index (κ3) is 5.24. The number of benzene rings is 1. The summed E-state index contributed by atoms with van der Waals surface area (Å²) in [6.07, 6.45) is 0. The Morgan fingerprint density at radius 2 is 1.85 bits per heavy atom. The van der Waals surface area contributed by atoms with Crippen LogP contribution in [0.25, 0.3) is 11.1 Å². The van der Waals surface area contributed by atoms with E-state index in [1.54, 1.807) is 13.8 Å². The van der Waals surface area contributed by atoms with Crippen molar-refractivity contribution in [2.24, 2.45) is 0 Å². The van der Waals surface area contributed by atoms with Crippen molar-refractivity contribution in [3.05, 3.63) is 46.4 Å². The lowest BCUT2D eigenvalue weighted by atomic mass is 10.2. The van der Waals surface area contributed by atoms with Crippen molar-refractivity contribution in [1.29, 1.82) is 0 Å². The van der Waals surface area contributed by atoms with Gasteiger partial charge in [0.15, 0.2) is 12.4 Å². The van der Waals surface area contributed by atoms with Gasteiger partial charge in [-0.05, 0) is 38.1 Å². The van der Waals surface area contributed by atoms with E-state index in [1.807, 2.05) is 0 Å². The number of halogens is 1. The zero-order chi connectivity index (χ0) is 24.3. The maximum Gasteiger partial charge on any atom is 0.342 e. The zero-order valence-electron chi connectivity index (χ0n) is 18.0. The van der Waals surface area contributed by atoms with E-state index in [1.165, 1.54) is 31.3 Å². The average Bonchev–Trinajstić information content (AvgIpc) is 3.09. The fraction of sp³-hybridized carbons (Fsp3) is 0.300. The fourth-order valence-corrected chi connectivity index (χ4v) is 4.18.